The summed E-state index contributed by atoms with van der Waals surface area (Å²) in [5.41, 5.74) is 1.27. The quantitative estimate of drug-likeness (QED) is 0.712. The van der Waals surface area contributed by atoms with Gasteiger partial charge in [0.1, 0.15) is 5.15 Å². The van der Waals surface area contributed by atoms with E-state index in [0.29, 0.717) is 17.4 Å². The molecule has 102 valence electrons. The number of hydrogen-bond acceptors (Lipinski definition) is 5. The fraction of sp³-hybridized carbons (Fsp3) is 0.167. The first-order valence-electron chi connectivity index (χ1n) is 5.81. The van der Waals surface area contributed by atoms with Crippen molar-refractivity contribution in [2.75, 3.05) is 0 Å². The summed E-state index contributed by atoms with van der Waals surface area (Å²) in [4.78, 5) is 19.6. The zero-order valence-electron chi connectivity index (χ0n) is 10.5. The van der Waals surface area contributed by atoms with Crippen molar-refractivity contribution in [1.82, 2.24) is 24.1 Å². The van der Waals surface area contributed by atoms with Gasteiger partial charge in [-0.3, -0.25) is 4.79 Å². The van der Waals surface area contributed by atoms with Gasteiger partial charge in [-0.2, -0.15) is 9.50 Å². The Morgan fingerprint density at radius 1 is 1.40 bits per heavy atom. The molecule has 0 saturated carbocycles. The van der Waals surface area contributed by atoms with Crippen LogP contribution in [0.5, 0.6) is 6.01 Å². The van der Waals surface area contributed by atoms with Gasteiger partial charge >= 0.3 is 6.01 Å². The molecule has 0 atom stereocenters. The lowest BCUT2D eigenvalue weighted by Gasteiger charge is -2.11. The van der Waals surface area contributed by atoms with Crippen molar-refractivity contribution < 1.29 is 5.11 Å². The second kappa shape index (κ2) is 4.61. The third-order valence-corrected chi connectivity index (χ3v) is 3.14. The van der Waals surface area contributed by atoms with Gasteiger partial charge in [-0.25, -0.2) is 4.98 Å². The van der Waals surface area contributed by atoms with Gasteiger partial charge in [-0.05, 0) is 18.6 Å². The van der Waals surface area contributed by atoms with Crippen molar-refractivity contribution in [1.29, 1.82) is 0 Å². The molecule has 0 saturated heterocycles. The topological polar surface area (TPSA) is 85.3 Å². The monoisotopic (exact) mass is 291 g/mol. The fourth-order valence-electron chi connectivity index (χ4n) is 1.97. The molecule has 0 aromatic carbocycles. The lowest BCUT2D eigenvalue weighted by Crippen LogP contribution is -2.20. The van der Waals surface area contributed by atoms with E-state index in [0.717, 1.165) is 10.1 Å². The van der Waals surface area contributed by atoms with Crippen molar-refractivity contribution in [3.63, 3.8) is 0 Å². The summed E-state index contributed by atoms with van der Waals surface area (Å²) in [6.45, 7) is 2.23. The standard InChI is InChI=1S/C12H10ClN5O2/c1-7-4-10(19)18-12(15-11(20)16-18)17(7)6-8-2-3-9(13)14-5-8/h2-5H,6H2,1H3,(H,16,20). The van der Waals surface area contributed by atoms with E-state index in [-0.39, 0.29) is 11.3 Å². The molecular formula is C12H10ClN5O2. The van der Waals surface area contributed by atoms with Gasteiger partial charge in [0.15, 0.2) is 0 Å². The van der Waals surface area contributed by atoms with E-state index in [4.69, 9.17) is 11.6 Å². The maximum atomic E-state index is 11.8. The number of aromatic hydroxyl groups is 1. The molecule has 20 heavy (non-hydrogen) atoms. The predicted molar refractivity (Wildman–Crippen MR) is 72.0 cm³/mol. The maximum absolute atomic E-state index is 11.8. The highest BCUT2D eigenvalue weighted by atomic mass is 35.5. The van der Waals surface area contributed by atoms with Crippen LogP contribution in [0.3, 0.4) is 0 Å². The lowest BCUT2D eigenvalue weighted by atomic mass is 10.3. The summed E-state index contributed by atoms with van der Waals surface area (Å²) in [6.07, 6.45) is 1.65. The van der Waals surface area contributed by atoms with E-state index >= 15 is 0 Å². The van der Waals surface area contributed by atoms with E-state index in [1.807, 2.05) is 6.07 Å². The molecule has 3 heterocycles. The van der Waals surface area contributed by atoms with Crippen molar-refractivity contribution in [2.24, 2.45) is 0 Å². The molecule has 0 aliphatic heterocycles. The van der Waals surface area contributed by atoms with Crippen LogP contribution in [-0.2, 0) is 6.54 Å². The zero-order valence-corrected chi connectivity index (χ0v) is 11.2. The molecule has 0 fully saturated rings. The maximum Gasteiger partial charge on any atom is 0.335 e. The molecule has 8 heteroatoms. The molecule has 7 nitrogen and oxygen atoms in total. The first-order valence-corrected chi connectivity index (χ1v) is 6.19. The normalized spacial score (nSPS) is 11.1. The number of hydrogen-bond donors (Lipinski definition) is 1. The summed E-state index contributed by atoms with van der Waals surface area (Å²) < 4.78 is 2.82. The number of aryl methyl sites for hydroxylation is 1. The Labute approximate surface area is 118 Å². The molecule has 0 spiro atoms. The first-order chi connectivity index (χ1) is 9.54. The summed E-state index contributed by atoms with van der Waals surface area (Å²) in [5, 5.41) is 13.4. The predicted octanol–water partition coefficient (Wildman–Crippen LogP) is 1.00. The Kier molecular flexibility index (Phi) is 2.90. The van der Waals surface area contributed by atoms with Crippen molar-refractivity contribution in [3.05, 3.63) is 51.2 Å². The van der Waals surface area contributed by atoms with E-state index in [9.17, 15) is 9.90 Å². The van der Waals surface area contributed by atoms with Crippen molar-refractivity contribution in [3.8, 4) is 6.01 Å². The minimum atomic E-state index is -0.435. The summed E-state index contributed by atoms with van der Waals surface area (Å²) >= 11 is 5.75. The van der Waals surface area contributed by atoms with Gasteiger partial charge in [-0.1, -0.05) is 17.7 Å². The zero-order chi connectivity index (χ0) is 14.3. The van der Waals surface area contributed by atoms with Crippen LogP contribution in [0.25, 0.3) is 5.78 Å². The number of halogens is 1. The number of nitrogens with zero attached hydrogens (tertiary/aromatic N) is 5. The molecule has 0 aliphatic rings. The summed E-state index contributed by atoms with van der Waals surface area (Å²) in [5.74, 6) is 0.280. The van der Waals surface area contributed by atoms with Crippen LogP contribution in [0.1, 0.15) is 11.3 Å². The Morgan fingerprint density at radius 2 is 2.20 bits per heavy atom. The van der Waals surface area contributed by atoms with E-state index in [1.54, 1.807) is 23.8 Å². The van der Waals surface area contributed by atoms with Gasteiger partial charge in [0, 0.05) is 18.0 Å². The second-order valence-electron chi connectivity index (χ2n) is 4.32. The molecule has 1 N–H and O–H groups in total. The average molecular weight is 292 g/mol. The van der Waals surface area contributed by atoms with Crippen LogP contribution in [0.15, 0.2) is 29.2 Å². The van der Waals surface area contributed by atoms with Crippen LogP contribution < -0.4 is 5.56 Å². The van der Waals surface area contributed by atoms with Gasteiger partial charge in [0.2, 0.25) is 5.78 Å². The number of pyridine rings is 1. The summed E-state index contributed by atoms with van der Waals surface area (Å²) in [6, 6.07) is 4.52. The molecule has 3 aromatic heterocycles. The number of rotatable bonds is 2. The highest BCUT2D eigenvalue weighted by molar-refractivity contribution is 6.29. The fourth-order valence-corrected chi connectivity index (χ4v) is 2.08. The highest BCUT2D eigenvalue weighted by Gasteiger charge is 2.11. The Balaban J connectivity index is 2.15. The summed E-state index contributed by atoms with van der Waals surface area (Å²) in [7, 11) is 0. The molecule has 3 aromatic rings. The van der Waals surface area contributed by atoms with Crippen LogP contribution in [0.4, 0.5) is 0 Å². The number of aromatic nitrogens is 5. The molecule has 0 radical (unpaired) electrons. The SMILES string of the molecule is Cc1cc(=O)n2nc(O)nc2n1Cc1ccc(Cl)nc1. The van der Waals surface area contributed by atoms with Crippen LogP contribution in [0.2, 0.25) is 5.15 Å². The van der Waals surface area contributed by atoms with E-state index in [2.05, 4.69) is 15.1 Å². The van der Waals surface area contributed by atoms with E-state index < -0.39 is 6.01 Å². The minimum absolute atomic E-state index is 0.280. The third-order valence-electron chi connectivity index (χ3n) is 2.92. The van der Waals surface area contributed by atoms with Gasteiger partial charge < -0.3 is 9.67 Å². The molecule has 0 unspecified atom stereocenters. The minimum Gasteiger partial charge on any atom is -0.478 e. The highest BCUT2D eigenvalue weighted by Crippen LogP contribution is 2.11. The molecule has 0 aliphatic carbocycles. The number of fused-ring (bicyclic) bond motifs is 1. The molecule has 3 rings (SSSR count). The van der Waals surface area contributed by atoms with Gasteiger partial charge in [-0.15, -0.1) is 5.10 Å². The van der Waals surface area contributed by atoms with Gasteiger partial charge in [0.05, 0.1) is 6.54 Å². The van der Waals surface area contributed by atoms with Crippen LogP contribution >= 0.6 is 11.6 Å². The Morgan fingerprint density at radius 3 is 2.90 bits per heavy atom. The first kappa shape index (κ1) is 12.6. The van der Waals surface area contributed by atoms with E-state index in [1.165, 1.54) is 6.07 Å². The second-order valence-corrected chi connectivity index (χ2v) is 4.71. The largest absolute Gasteiger partial charge is 0.478 e. The molecular weight excluding hydrogens is 282 g/mol. The Bertz CT molecular complexity index is 837. The molecule has 0 bridgehead atoms. The Hall–Kier alpha value is -2.41. The average Bonchev–Trinajstić information content (AvgIpc) is 2.79. The molecule has 0 amide bonds. The van der Waals surface area contributed by atoms with Crippen LogP contribution in [0, 0.1) is 6.92 Å². The third kappa shape index (κ3) is 2.12. The smallest absolute Gasteiger partial charge is 0.335 e. The lowest BCUT2D eigenvalue weighted by molar-refractivity contribution is 0.430. The van der Waals surface area contributed by atoms with Gasteiger partial charge in [0.25, 0.3) is 5.56 Å². The van der Waals surface area contributed by atoms with Crippen molar-refractivity contribution >= 4 is 17.4 Å². The van der Waals surface area contributed by atoms with Crippen LogP contribution in [-0.4, -0.2) is 29.3 Å². The van der Waals surface area contributed by atoms with Crippen molar-refractivity contribution in [2.45, 2.75) is 13.5 Å².